The van der Waals surface area contributed by atoms with E-state index in [2.05, 4.69) is 0 Å². The highest BCUT2D eigenvalue weighted by Gasteiger charge is 2.24. The lowest BCUT2D eigenvalue weighted by Gasteiger charge is -2.16. The molecule has 0 saturated heterocycles. The maximum absolute atomic E-state index is 11.9. The molecular formula is C20H16N2O4. The summed E-state index contributed by atoms with van der Waals surface area (Å²) in [5.74, 6) is -2.62. The Kier molecular flexibility index (Phi) is 4.33. The molecule has 0 radical (unpaired) electrons. The highest BCUT2D eigenvalue weighted by atomic mass is 16.4. The molecule has 0 aromatic heterocycles. The minimum Gasteiger partial charge on any atom is -0.478 e. The van der Waals surface area contributed by atoms with Crippen LogP contribution in [0.1, 0.15) is 20.7 Å². The van der Waals surface area contributed by atoms with E-state index in [0.29, 0.717) is 28.1 Å². The monoisotopic (exact) mass is 348 g/mol. The van der Waals surface area contributed by atoms with E-state index in [1.54, 1.807) is 54.6 Å². The van der Waals surface area contributed by atoms with Crippen LogP contribution in [-0.2, 0) is 0 Å². The Hall–Kier alpha value is -3.80. The number of anilines is 2. The van der Waals surface area contributed by atoms with Crippen molar-refractivity contribution in [2.24, 2.45) is 0 Å². The van der Waals surface area contributed by atoms with Crippen LogP contribution < -0.4 is 11.5 Å². The Labute approximate surface area is 149 Å². The van der Waals surface area contributed by atoms with Crippen molar-refractivity contribution in [1.29, 1.82) is 0 Å². The van der Waals surface area contributed by atoms with Crippen LogP contribution in [0.15, 0.2) is 60.7 Å². The van der Waals surface area contributed by atoms with Crippen LogP contribution in [0.25, 0.3) is 22.3 Å². The number of nitrogen functional groups attached to an aromatic ring is 2. The van der Waals surface area contributed by atoms with E-state index in [-0.39, 0.29) is 11.1 Å². The number of rotatable bonds is 4. The standard InChI is InChI=1S/C20H16N2O4/c21-13-5-1-11(2-6-13)15-9-10-16(19(23)24)18(20(25)26)17(15)12-3-7-14(22)8-4-12/h1-10H,21-22H2,(H,23,24)(H,25,26). The van der Waals surface area contributed by atoms with Gasteiger partial charge in [-0.15, -0.1) is 0 Å². The third-order valence-corrected chi connectivity index (χ3v) is 4.07. The first kappa shape index (κ1) is 17.0. The highest BCUT2D eigenvalue weighted by molar-refractivity contribution is 6.09. The van der Waals surface area contributed by atoms with Crippen molar-refractivity contribution in [2.45, 2.75) is 0 Å². The number of carboxylic acid groups (broad SMARTS) is 2. The quantitative estimate of drug-likeness (QED) is 0.534. The Balaban J connectivity index is 2.39. The van der Waals surface area contributed by atoms with Gasteiger partial charge in [-0.1, -0.05) is 30.3 Å². The van der Waals surface area contributed by atoms with Crippen LogP contribution in [0.5, 0.6) is 0 Å². The lowest BCUT2D eigenvalue weighted by molar-refractivity contribution is 0.0652. The van der Waals surface area contributed by atoms with Crippen molar-refractivity contribution in [2.75, 3.05) is 11.5 Å². The van der Waals surface area contributed by atoms with Gasteiger partial charge in [-0.3, -0.25) is 0 Å². The van der Waals surface area contributed by atoms with Crippen molar-refractivity contribution in [3.63, 3.8) is 0 Å². The molecule has 0 fully saturated rings. The van der Waals surface area contributed by atoms with Crippen LogP contribution in [0.2, 0.25) is 0 Å². The highest BCUT2D eigenvalue weighted by Crippen LogP contribution is 2.37. The van der Waals surface area contributed by atoms with E-state index in [0.717, 1.165) is 5.56 Å². The predicted molar refractivity (Wildman–Crippen MR) is 100 cm³/mol. The summed E-state index contributed by atoms with van der Waals surface area (Å²) in [6.45, 7) is 0. The number of benzene rings is 3. The molecule has 0 amide bonds. The molecule has 0 aliphatic heterocycles. The summed E-state index contributed by atoms with van der Waals surface area (Å²) in [5, 5.41) is 19.1. The lowest BCUT2D eigenvalue weighted by Crippen LogP contribution is -2.11. The molecule has 130 valence electrons. The third kappa shape index (κ3) is 3.08. The van der Waals surface area contributed by atoms with Gasteiger partial charge in [0.2, 0.25) is 0 Å². The van der Waals surface area contributed by atoms with Crippen LogP contribution in [0.3, 0.4) is 0 Å². The molecular weight excluding hydrogens is 332 g/mol. The number of hydrogen-bond acceptors (Lipinski definition) is 4. The fourth-order valence-electron chi connectivity index (χ4n) is 2.86. The van der Waals surface area contributed by atoms with Gasteiger partial charge >= 0.3 is 11.9 Å². The van der Waals surface area contributed by atoms with Crippen LogP contribution in [-0.4, -0.2) is 22.2 Å². The van der Waals surface area contributed by atoms with Crippen molar-refractivity contribution in [1.82, 2.24) is 0 Å². The molecule has 6 N–H and O–H groups in total. The van der Waals surface area contributed by atoms with Gasteiger partial charge in [0, 0.05) is 16.9 Å². The summed E-state index contributed by atoms with van der Waals surface area (Å²) < 4.78 is 0. The molecule has 0 aliphatic rings. The molecule has 3 rings (SSSR count). The third-order valence-electron chi connectivity index (χ3n) is 4.07. The summed E-state index contributed by atoms with van der Waals surface area (Å²) in [6.07, 6.45) is 0. The number of carbonyl (C=O) groups is 2. The van der Waals surface area contributed by atoms with E-state index in [1.165, 1.54) is 6.07 Å². The second-order valence-electron chi connectivity index (χ2n) is 5.77. The Morgan fingerprint density at radius 1 is 0.654 bits per heavy atom. The first-order valence-electron chi connectivity index (χ1n) is 7.74. The van der Waals surface area contributed by atoms with Crippen LogP contribution in [0, 0.1) is 0 Å². The Morgan fingerprint density at radius 2 is 1.15 bits per heavy atom. The average Bonchev–Trinajstić information content (AvgIpc) is 2.61. The van der Waals surface area contributed by atoms with Crippen molar-refractivity contribution >= 4 is 23.3 Å². The SMILES string of the molecule is Nc1ccc(-c2ccc(C(=O)O)c(C(=O)O)c2-c2ccc(N)cc2)cc1. The number of hydrogen-bond donors (Lipinski definition) is 4. The molecule has 6 heteroatoms. The fraction of sp³-hybridized carbons (Fsp3) is 0. The zero-order valence-corrected chi connectivity index (χ0v) is 13.6. The van der Waals surface area contributed by atoms with E-state index in [4.69, 9.17) is 11.5 Å². The number of aromatic carboxylic acids is 2. The second-order valence-corrected chi connectivity index (χ2v) is 5.77. The minimum atomic E-state index is -1.31. The smallest absolute Gasteiger partial charge is 0.337 e. The zero-order valence-electron chi connectivity index (χ0n) is 13.6. The first-order valence-corrected chi connectivity index (χ1v) is 7.74. The maximum Gasteiger partial charge on any atom is 0.337 e. The van der Waals surface area contributed by atoms with Gasteiger partial charge in [0.25, 0.3) is 0 Å². The molecule has 26 heavy (non-hydrogen) atoms. The van der Waals surface area contributed by atoms with Gasteiger partial charge in [0.05, 0.1) is 11.1 Å². The zero-order chi connectivity index (χ0) is 18.8. The van der Waals surface area contributed by atoms with Crippen molar-refractivity contribution in [3.8, 4) is 22.3 Å². The molecule has 6 nitrogen and oxygen atoms in total. The molecule has 0 saturated carbocycles. The fourth-order valence-corrected chi connectivity index (χ4v) is 2.86. The number of nitrogens with two attached hydrogens (primary N) is 2. The second kappa shape index (κ2) is 6.60. The van der Waals surface area contributed by atoms with Gasteiger partial charge in [0.1, 0.15) is 0 Å². The molecule has 0 unspecified atom stereocenters. The van der Waals surface area contributed by atoms with Gasteiger partial charge in [-0.25, -0.2) is 9.59 Å². The van der Waals surface area contributed by atoms with Crippen molar-refractivity contribution < 1.29 is 19.8 Å². The summed E-state index contributed by atoms with van der Waals surface area (Å²) in [7, 11) is 0. The maximum atomic E-state index is 11.9. The number of carboxylic acids is 2. The first-order chi connectivity index (χ1) is 12.4. The Bertz CT molecular complexity index is 994. The van der Waals surface area contributed by atoms with Crippen LogP contribution in [0.4, 0.5) is 11.4 Å². The molecule has 0 heterocycles. The normalized spacial score (nSPS) is 10.5. The van der Waals surface area contributed by atoms with Gasteiger partial charge in [0.15, 0.2) is 0 Å². The molecule has 0 aliphatic carbocycles. The van der Waals surface area contributed by atoms with Crippen LogP contribution >= 0.6 is 0 Å². The largest absolute Gasteiger partial charge is 0.478 e. The van der Waals surface area contributed by atoms with Gasteiger partial charge in [-0.2, -0.15) is 0 Å². The average molecular weight is 348 g/mol. The predicted octanol–water partition coefficient (Wildman–Crippen LogP) is 3.58. The van der Waals surface area contributed by atoms with E-state index >= 15 is 0 Å². The lowest BCUT2D eigenvalue weighted by atomic mass is 9.87. The molecule has 3 aromatic carbocycles. The molecule has 0 atom stereocenters. The summed E-state index contributed by atoms with van der Waals surface area (Å²) in [6, 6.07) is 16.5. The molecule has 3 aromatic rings. The topological polar surface area (TPSA) is 127 Å². The minimum absolute atomic E-state index is 0.267. The summed E-state index contributed by atoms with van der Waals surface area (Å²) >= 11 is 0. The molecule has 0 bridgehead atoms. The molecule has 0 spiro atoms. The van der Waals surface area contributed by atoms with E-state index in [1.807, 2.05) is 0 Å². The van der Waals surface area contributed by atoms with Crippen molar-refractivity contribution in [3.05, 3.63) is 71.8 Å². The summed E-state index contributed by atoms with van der Waals surface area (Å²) in [5.41, 5.74) is 14.2. The summed E-state index contributed by atoms with van der Waals surface area (Å²) in [4.78, 5) is 23.5. The van der Waals surface area contributed by atoms with Gasteiger partial charge in [-0.05, 0) is 47.0 Å². The Morgan fingerprint density at radius 3 is 1.62 bits per heavy atom. The van der Waals surface area contributed by atoms with E-state index in [9.17, 15) is 19.8 Å². The van der Waals surface area contributed by atoms with E-state index < -0.39 is 11.9 Å². The van der Waals surface area contributed by atoms with Gasteiger partial charge < -0.3 is 21.7 Å².